The van der Waals surface area contributed by atoms with E-state index in [2.05, 4.69) is 26.0 Å². The molecule has 11 heteroatoms. The highest BCUT2D eigenvalue weighted by Gasteiger charge is 2.22. The van der Waals surface area contributed by atoms with Gasteiger partial charge in [0.05, 0.1) is 10.9 Å². The van der Waals surface area contributed by atoms with Crippen LogP contribution in [0.25, 0.3) is 0 Å². The first-order valence-corrected chi connectivity index (χ1v) is 12.0. The summed E-state index contributed by atoms with van der Waals surface area (Å²) < 4.78 is 27.5. The minimum absolute atomic E-state index is 0.0459. The second kappa shape index (κ2) is 11.3. The van der Waals surface area contributed by atoms with Crippen molar-refractivity contribution in [2.24, 2.45) is 0 Å². The smallest absolute Gasteiger partial charge is 0.323 e. The van der Waals surface area contributed by atoms with Crippen molar-refractivity contribution in [3.8, 4) is 0 Å². The molecule has 182 valence electrons. The zero-order valence-electron chi connectivity index (χ0n) is 19.0. The molecule has 0 aliphatic rings. The van der Waals surface area contributed by atoms with E-state index in [1.54, 1.807) is 48.5 Å². The van der Waals surface area contributed by atoms with Crippen LogP contribution >= 0.6 is 0 Å². The molecule has 0 spiro atoms. The maximum Gasteiger partial charge on any atom is 0.323 e. The van der Waals surface area contributed by atoms with Crippen molar-refractivity contribution in [2.75, 3.05) is 21.3 Å². The van der Waals surface area contributed by atoms with Gasteiger partial charge in [0.2, 0.25) is 21.8 Å². The van der Waals surface area contributed by atoms with Gasteiger partial charge in [-0.15, -0.1) is 0 Å². The summed E-state index contributed by atoms with van der Waals surface area (Å²) in [6, 6.07) is 19.4. The standard InChI is InChI=1S/C24H25N5O5S/c1-16(29-35(33,34)22-14-12-19(13-15-22)25-17(2)30)23(31)26-20-8-10-21(11-9-20)28-24(32)27-18-6-4-3-5-7-18/h3-16,29H,1-2H3,(H,25,30)(H,26,31)(H2,27,28,32)/t16-/m0/s1. The first-order valence-electron chi connectivity index (χ1n) is 10.6. The minimum Gasteiger partial charge on any atom is -0.326 e. The molecule has 3 rings (SSSR count). The number of rotatable bonds is 8. The quantitative estimate of drug-likeness (QED) is 0.324. The molecule has 0 saturated heterocycles. The van der Waals surface area contributed by atoms with E-state index in [-0.39, 0.29) is 10.8 Å². The van der Waals surface area contributed by atoms with Gasteiger partial charge < -0.3 is 21.3 Å². The van der Waals surface area contributed by atoms with Crippen LogP contribution in [0.1, 0.15) is 13.8 Å². The Morgan fingerprint density at radius 3 is 1.66 bits per heavy atom. The van der Waals surface area contributed by atoms with Gasteiger partial charge in [-0.3, -0.25) is 9.59 Å². The molecule has 0 saturated carbocycles. The van der Waals surface area contributed by atoms with Gasteiger partial charge in [-0.2, -0.15) is 4.72 Å². The number of anilines is 4. The molecule has 0 aliphatic heterocycles. The highest BCUT2D eigenvalue weighted by molar-refractivity contribution is 7.89. The van der Waals surface area contributed by atoms with E-state index in [1.807, 2.05) is 6.07 Å². The first kappa shape index (κ1) is 25.4. The number of amides is 4. The van der Waals surface area contributed by atoms with Crippen molar-refractivity contribution in [2.45, 2.75) is 24.8 Å². The molecule has 5 N–H and O–H groups in total. The van der Waals surface area contributed by atoms with Crippen molar-refractivity contribution in [1.82, 2.24) is 4.72 Å². The molecule has 1 atom stereocenters. The van der Waals surface area contributed by atoms with Crippen molar-refractivity contribution >= 4 is 50.6 Å². The molecule has 3 aromatic carbocycles. The minimum atomic E-state index is -3.97. The monoisotopic (exact) mass is 495 g/mol. The van der Waals surface area contributed by atoms with E-state index in [1.165, 1.54) is 38.1 Å². The van der Waals surface area contributed by atoms with Gasteiger partial charge in [-0.1, -0.05) is 18.2 Å². The Morgan fingerprint density at radius 2 is 1.11 bits per heavy atom. The Morgan fingerprint density at radius 1 is 0.657 bits per heavy atom. The van der Waals surface area contributed by atoms with Crippen LogP contribution in [-0.2, 0) is 19.6 Å². The number of para-hydroxylation sites is 1. The third-order valence-corrected chi connectivity index (χ3v) is 6.21. The van der Waals surface area contributed by atoms with Crippen molar-refractivity contribution in [3.05, 3.63) is 78.9 Å². The molecule has 0 radical (unpaired) electrons. The number of urea groups is 1. The van der Waals surface area contributed by atoms with Gasteiger partial charge in [0, 0.05) is 29.7 Å². The van der Waals surface area contributed by atoms with Crippen molar-refractivity contribution in [1.29, 1.82) is 0 Å². The van der Waals surface area contributed by atoms with Gasteiger partial charge in [0.25, 0.3) is 0 Å². The lowest BCUT2D eigenvalue weighted by Gasteiger charge is -2.15. The number of carbonyl (C=O) groups excluding carboxylic acids is 3. The van der Waals surface area contributed by atoms with Crippen LogP contribution in [0, 0.1) is 0 Å². The Balaban J connectivity index is 1.54. The van der Waals surface area contributed by atoms with E-state index in [4.69, 9.17) is 0 Å². The Hall–Kier alpha value is -4.22. The molecule has 3 aromatic rings. The fourth-order valence-electron chi connectivity index (χ4n) is 2.98. The molecule has 0 aliphatic carbocycles. The first-order chi connectivity index (χ1) is 16.6. The number of carbonyl (C=O) groups is 3. The van der Waals surface area contributed by atoms with Gasteiger partial charge in [0.1, 0.15) is 0 Å². The average molecular weight is 496 g/mol. The second-order valence-corrected chi connectivity index (χ2v) is 9.27. The van der Waals surface area contributed by atoms with E-state index in [0.29, 0.717) is 22.7 Å². The maximum atomic E-state index is 12.6. The lowest BCUT2D eigenvalue weighted by Crippen LogP contribution is -2.41. The zero-order chi connectivity index (χ0) is 25.4. The number of hydrogen-bond donors (Lipinski definition) is 5. The average Bonchev–Trinajstić information content (AvgIpc) is 2.80. The van der Waals surface area contributed by atoms with Crippen LogP contribution in [0.5, 0.6) is 0 Å². The number of benzene rings is 3. The summed E-state index contributed by atoms with van der Waals surface area (Å²) in [7, 11) is -3.97. The van der Waals surface area contributed by atoms with Crippen molar-refractivity contribution in [3.63, 3.8) is 0 Å². The van der Waals surface area contributed by atoms with E-state index < -0.39 is 28.0 Å². The summed E-state index contributed by atoms with van der Waals surface area (Å²) in [6.45, 7) is 2.77. The molecule has 4 amide bonds. The van der Waals surface area contributed by atoms with Crippen LogP contribution in [0.15, 0.2) is 83.8 Å². The molecule has 35 heavy (non-hydrogen) atoms. The second-order valence-electron chi connectivity index (χ2n) is 7.56. The summed E-state index contributed by atoms with van der Waals surface area (Å²) in [5.41, 5.74) is 2.04. The molecule has 0 aromatic heterocycles. The molecule has 0 unspecified atom stereocenters. The lowest BCUT2D eigenvalue weighted by atomic mass is 10.2. The van der Waals surface area contributed by atoms with Crippen LogP contribution < -0.4 is 26.0 Å². The van der Waals surface area contributed by atoms with Gasteiger partial charge >= 0.3 is 6.03 Å². The summed E-state index contributed by atoms with van der Waals surface area (Å²) in [6.07, 6.45) is 0. The molecule has 0 fully saturated rings. The van der Waals surface area contributed by atoms with Gasteiger partial charge in [-0.25, -0.2) is 13.2 Å². The Kier molecular flexibility index (Phi) is 8.18. The number of hydrogen-bond acceptors (Lipinski definition) is 5. The van der Waals surface area contributed by atoms with Crippen LogP contribution in [0.2, 0.25) is 0 Å². The van der Waals surface area contributed by atoms with Crippen LogP contribution in [0.4, 0.5) is 27.5 Å². The fourth-order valence-corrected chi connectivity index (χ4v) is 4.18. The number of sulfonamides is 1. The number of nitrogens with one attached hydrogen (secondary N) is 5. The molecule has 0 heterocycles. The summed E-state index contributed by atoms with van der Waals surface area (Å²) in [5, 5.41) is 10.5. The van der Waals surface area contributed by atoms with Gasteiger partial charge in [-0.05, 0) is 67.6 Å². The zero-order valence-corrected chi connectivity index (χ0v) is 19.8. The normalized spacial score (nSPS) is 11.7. The maximum absolute atomic E-state index is 12.6. The molecular weight excluding hydrogens is 470 g/mol. The van der Waals surface area contributed by atoms with Crippen LogP contribution in [0.3, 0.4) is 0 Å². The fraction of sp³-hybridized carbons (Fsp3) is 0.125. The molecular formula is C24H25N5O5S. The summed E-state index contributed by atoms with van der Waals surface area (Å²) in [4.78, 5) is 35.6. The third kappa shape index (κ3) is 7.66. The predicted molar refractivity (Wildman–Crippen MR) is 135 cm³/mol. The molecule has 10 nitrogen and oxygen atoms in total. The van der Waals surface area contributed by atoms with Gasteiger partial charge in [0.15, 0.2) is 0 Å². The van der Waals surface area contributed by atoms with E-state index in [9.17, 15) is 22.8 Å². The topological polar surface area (TPSA) is 146 Å². The largest absolute Gasteiger partial charge is 0.326 e. The highest BCUT2D eigenvalue weighted by Crippen LogP contribution is 2.16. The Bertz CT molecular complexity index is 1290. The summed E-state index contributed by atoms with van der Waals surface area (Å²) in [5.74, 6) is -0.839. The molecule has 0 bridgehead atoms. The van der Waals surface area contributed by atoms with Crippen LogP contribution in [-0.4, -0.2) is 32.3 Å². The van der Waals surface area contributed by atoms with Crippen molar-refractivity contribution < 1.29 is 22.8 Å². The highest BCUT2D eigenvalue weighted by atomic mass is 32.2. The Labute approximate surface area is 203 Å². The lowest BCUT2D eigenvalue weighted by molar-refractivity contribution is -0.117. The van der Waals surface area contributed by atoms with E-state index >= 15 is 0 Å². The summed E-state index contributed by atoms with van der Waals surface area (Å²) >= 11 is 0. The SMILES string of the molecule is CC(=O)Nc1ccc(S(=O)(=O)N[C@@H](C)C(=O)Nc2ccc(NC(=O)Nc3ccccc3)cc2)cc1. The third-order valence-electron chi connectivity index (χ3n) is 4.65. The predicted octanol–water partition coefficient (Wildman–Crippen LogP) is 3.59. The van der Waals surface area contributed by atoms with E-state index in [0.717, 1.165) is 0 Å².